The number of hydrogen-bond acceptors (Lipinski definition) is 8. The quantitative estimate of drug-likeness (QED) is 0.582. The van der Waals surface area contributed by atoms with Crippen LogP contribution < -0.4 is 5.73 Å². The maximum Gasteiger partial charge on any atom is 0.416 e. The third-order valence-electron chi connectivity index (χ3n) is 5.11. The van der Waals surface area contributed by atoms with E-state index in [1.54, 1.807) is 26.8 Å². The molecule has 0 saturated carbocycles. The first-order valence-electron chi connectivity index (χ1n) is 10.2. The molecule has 1 atom stereocenters. The number of furan rings is 1. The van der Waals surface area contributed by atoms with Gasteiger partial charge in [0.15, 0.2) is 5.17 Å². The van der Waals surface area contributed by atoms with Gasteiger partial charge in [-0.05, 0) is 56.8 Å². The lowest BCUT2D eigenvalue weighted by atomic mass is 9.99. The van der Waals surface area contributed by atoms with Gasteiger partial charge in [0.2, 0.25) is 0 Å². The summed E-state index contributed by atoms with van der Waals surface area (Å²) in [4.78, 5) is 19.1. The summed E-state index contributed by atoms with van der Waals surface area (Å²) in [6.07, 6.45) is -4.92. The highest BCUT2D eigenvalue weighted by Crippen LogP contribution is 2.46. The second-order valence-electron chi connectivity index (χ2n) is 7.83. The van der Waals surface area contributed by atoms with Gasteiger partial charge in [0, 0.05) is 5.56 Å². The summed E-state index contributed by atoms with van der Waals surface area (Å²) in [5.41, 5.74) is 6.13. The smallest absolute Gasteiger partial charge is 0.416 e. The topological polar surface area (TPSA) is 105 Å². The largest absolute Gasteiger partial charge is 0.459 e. The van der Waals surface area contributed by atoms with Crippen LogP contribution in [0.2, 0.25) is 0 Å². The van der Waals surface area contributed by atoms with Crippen LogP contribution in [0.15, 0.2) is 67.8 Å². The SMILES string of the molecule is CC1=C(C(=O)OC(C)C)[C@H](c2ccc(-c3cccc(C(F)(F)F)c3)o2)N2C(=N1)SC(C#N)=C2N. The van der Waals surface area contributed by atoms with Crippen molar-refractivity contribution in [3.05, 3.63) is 69.7 Å². The van der Waals surface area contributed by atoms with E-state index < -0.39 is 29.9 Å². The molecule has 3 heterocycles. The van der Waals surface area contributed by atoms with Crippen LogP contribution in [-0.4, -0.2) is 22.1 Å². The average Bonchev–Trinajstić information content (AvgIpc) is 3.36. The molecule has 34 heavy (non-hydrogen) atoms. The van der Waals surface area contributed by atoms with Crippen molar-refractivity contribution in [1.82, 2.24) is 4.90 Å². The zero-order valence-corrected chi connectivity index (χ0v) is 19.1. The lowest BCUT2D eigenvalue weighted by Gasteiger charge is -2.33. The van der Waals surface area contributed by atoms with Crippen LogP contribution in [0.4, 0.5) is 13.2 Å². The number of ether oxygens (including phenoxy) is 1. The maximum atomic E-state index is 13.2. The normalized spacial score (nSPS) is 18.2. The molecular weight excluding hydrogens is 469 g/mol. The molecule has 0 unspecified atom stereocenters. The minimum absolute atomic E-state index is 0.0932. The molecule has 0 spiro atoms. The number of rotatable bonds is 4. The second kappa shape index (κ2) is 8.61. The monoisotopic (exact) mass is 488 g/mol. The summed E-state index contributed by atoms with van der Waals surface area (Å²) in [5, 5.41) is 9.82. The van der Waals surface area contributed by atoms with E-state index in [1.807, 2.05) is 6.07 Å². The number of aliphatic imine (C=N–C) groups is 1. The van der Waals surface area contributed by atoms with E-state index in [1.165, 1.54) is 23.1 Å². The number of alkyl halides is 3. The molecule has 0 fully saturated rings. The van der Waals surface area contributed by atoms with E-state index in [-0.39, 0.29) is 33.4 Å². The van der Waals surface area contributed by atoms with Gasteiger partial charge >= 0.3 is 12.1 Å². The highest BCUT2D eigenvalue weighted by atomic mass is 32.2. The van der Waals surface area contributed by atoms with Crippen molar-refractivity contribution < 1.29 is 27.1 Å². The van der Waals surface area contributed by atoms with Crippen molar-refractivity contribution in [2.75, 3.05) is 0 Å². The number of allylic oxidation sites excluding steroid dienone is 2. The molecule has 7 nitrogen and oxygen atoms in total. The molecule has 0 saturated heterocycles. The van der Waals surface area contributed by atoms with Gasteiger partial charge < -0.3 is 14.9 Å². The fraction of sp³-hybridized carbons (Fsp3) is 0.261. The summed E-state index contributed by atoms with van der Waals surface area (Å²) in [5.74, 6) is -0.136. The summed E-state index contributed by atoms with van der Waals surface area (Å²) < 4.78 is 50.9. The summed E-state index contributed by atoms with van der Waals surface area (Å²) in [6, 6.07) is 8.91. The fourth-order valence-corrected chi connectivity index (χ4v) is 4.57. The second-order valence-corrected chi connectivity index (χ2v) is 8.81. The number of carbonyl (C=O) groups is 1. The lowest BCUT2D eigenvalue weighted by Crippen LogP contribution is -2.38. The van der Waals surface area contributed by atoms with E-state index >= 15 is 0 Å². The molecule has 4 rings (SSSR count). The molecular formula is C23H19F3N4O3S. The van der Waals surface area contributed by atoms with Crippen LogP contribution >= 0.6 is 11.8 Å². The van der Waals surface area contributed by atoms with E-state index in [9.17, 15) is 23.2 Å². The summed E-state index contributed by atoms with van der Waals surface area (Å²) in [6.45, 7) is 5.03. The number of thioether (sulfide) groups is 1. The Labute approximate surface area is 197 Å². The fourth-order valence-electron chi connectivity index (χ4n) is 3.65. The van der Waals surface area contributed by atoms with Gasteiger partial charge in [-0.2, -0.15) is 18.4 Å². The Kier molecular flexibility index (Phi) is 5.95. The molecule has 11 heteroatoms. The van der Waals surface area contributed by atoms with Gasteiger partial charge in [-0.25, -0.2) is 9.79 Å². The molecule has 2 aliphatic heterocycles. The van der Waals surface area contributed by atoms with Gasteiger partial charge in [0.1, 0.15) is 34.4 Å². The molecule has 1 aromatic carbocycles. The predicted octanol–water partition coefficient (Wildman–Crippen LogP) is 5.30. The van der Waals surface area contributed by atoms with Crippen molar-refractivity contribution in [3.63, 3.8) is 0 Å². The molecule has 176 valence electrons. The Morgan fingerprint density at radius 1 is 1.32 bits per heavy atom. The van der Waals surface area contributed by atoms with E-state index in [0.29, 0.717) is 10.9 Å². The number of nitriles is 1. The molecule has 0 amide bonds. The van der Waals surface area contributed by atoms with Crippen molar-refractivity contribution in [1.29, 1.82) is 5.26 Å². The van der Waals surface area contributed by atoms with Crippen molar-refractivity contribution in [2.45, 2.75) is 39.1 Å². The first-order valence-corrected chi connectivity index (χ1v) is 11.0. The molecule has 2 N–H and O–H groups in total. The van der Waals surface area contributed by atoms with Crippen LogP contribution in [0.1, 0.15) is 38.1 Å². The van der Waals surface area contributed by atoms with Crippen LogP contribution in [0, 0.1) is 11.3 Å². The Bertz CT molecular complexity index is 1300. The van der Waals surface area contributed by atoms with E-state index in [2.05, 4.69) is 4.99 Å². The van der Waals surface area contributed by atoms with Crippen molar-refractivity contribution in [2.24, 2.45) is 10.7 Å². The zero-order chi connectivity index (χ0) is 24.8. The van der Waals surface area contributed by atoms with Gasteiger partial charge in [-0.15, -0.1) is 0 Å². The van der Waals surface area contributed by atoms with Crippen LogP contribution in [-0.2, 0) is 15.7 Å². The molecule has 0 bridgehead atoms. The minimum atomic E-state index is -4.51. The minimum Gasteiger partial charge on any atom is -0.459 e. The third kappa shape index (κ3) is 4.17. The molecule has 0 aliphatic carbocycles. The molecule has 2 aromatic rings. The van der Waals surface area contributed by atoms with E-state index in [4.69, 9.17) is 14.9 Å². The highest BCUT2D eigenvalue weighted by Gasteiger charge is 2.44. The average molecular weight is 488 g/mol. The first kappa shape index (κ1) is 23.5. The zero-order valence-electron chi connectivity index (χ0n) is 18.3. The van der Waals surface area contributed by atoms with Crippen LogP contribution in [0.3, 0.4) is 0 Å². The Morgan fingerprint density at radius 3 is 2.71 bits per heavy atom. The summed E-state index contributed by atoms with van der Waals surface area (Å²) in [7, 11) is 0. The van der Waals surface area contributed by atoms with Gasteiger partial charge in [0.25, 0.3) is 0 Å². The molecule has 0 radical (unpaired) electrons. The number of benzene rings is 1. The number of nitrogens with two attached hydrogens (primary N) is 1. The lowest BCUT2D eigenvalue weighted by molar-refractivity contribution is -0.143. The molecule has 1 aromatic heterocycles. The summed E-state index contributed by atoms with van der Waals surface area (Å²) >= 11 is 1.06. The number of hydrogen-bond donors (Lipinski definition) is 1. The number of amidine groups is 1. The van der Waals surface area contributed by atoms with Crippen molar-refractivity contribution >= 4 is 22.9 Å². The number of nitrogens with zero attached hydrogens (tertiary/aromatic N) is 3. The van der Waals surface area contributed by atoms with Crippen LogP contribution in [0.5, 0.6) is 0 Å². The Hall–Kier alpha value is -3.65. The number of carbonyl (C=O) groups excluding carboxylic acids is 1. The van der Waals surface area contributed by atoms with Gasteiger partial charge in [-0.1, -0.05) is 12.1 Å². The third-order valence-corrected chi connectivity index (χ3v) is 6.09. The maximum absolute atomic E-state index is 13.2. The molecule has 2 aliphatic rings. The van der Waals surface area contributed by atoms with Crippen molar-refractivity contribution in [3.8, 4) is 17.4 Å². The first-order chi connectivity index (χ1) is 16.0. The Balaban J connectivity index is 1.82. The predicted molar refractivity (Wildman–Crippen MR) is 120 cm³/mol. The number of halogens is 3. The standard InChI is InChI=1S/C23H19F3N4O3S/c1-11(2)32-21(31)18-12(3)29-22-30(20(28)17(10-27)34-22)19(18)16-8-7-15(33-16)13-5-4-6-14(9-13)23(24,25)26/h4-9,11,19H,28H2,1-3H3/t19-/m0/s1. The highest BCUT2D eigenvalue weighted by molar-refractivity contribution is 8.17. The van der Waals surface area contributed by atoms with E-state index in [0.717, 1.165) is 23.9 Å². The van der Waals surface area contributed by atoms with Gasteiger partial charge in [0.05, 0.1) is 22.9 Å². The number of fused-ring (bicyclic) bond motifs is 1. The number of esters is 1. The van der Waals surface area contributed by atoms with Crippen LogP contribution in [0.25, 0.3) is 11.3 Å². The van der Waals surface area contributed by atoms with Gasteiger partial charge in [-0.3, -0.25) is 4.90 Å². The Morgan fingerprint density at radius 2 is 2.06 bits per heavy atom.